The summed E-state index contributed by atoms with van der Waals surface area (Å²) >= 11 is 6.35. The third kappa shape index (κ3) is 7.04. The number of allylic oxidation sites excluding steroid dienone is 2. The fraction of sp³-hybridized carbons (Fsp3) is 0.0667. The largest absolute Gasteiger partial charge is 0.454 e. The zero-order chi connectivity index (χ0) is 25.3. The minimum atomic E-state index is -1.02. The van der Waals surface area contributed by atoms with Gasteiger partial charge < -0.3 is 14.6 Å². The smallest absolute Gasteiger partial charge is 0.165 e. The molecule has 2 unspecified atom stereocenters. The van der Waals surface area contributed by atoms with Crippen molar-refractivity contribution in [3.05, 3.63) is 138 Å². The van der Waals surface area contributed by atoms with Gasteiger partial charge in [-0.2, -0.15) is 0 Å². The Bertz CT molecular complexity index is 1340. The van der Waals surface area contributed by atoms with Gasteiger partial charge in [0, 0.05) is 0 Å². The lowest BCUT2D eigenvalue weighted by atomic mass is 10.1. The molecule has 4 aromatic rings. The summed E-state index contributed by atoms with van der Waals surface area (Å²) in [5.74, 6) is 0.122. The summed E-state index contributed by atoms with van der Waals surface area (Å²) in [6.07, 6.45) is 5.52. The second-order valence-corrected chi connectivity index (χ2v) is 8.35. The zero-order valence-corrected chi connectivity index (χ0v) is 19.9. The summed E-state index contributed by atoms with van der Waals surface area (Å²) in [4.78, 5) is 0. The van der Waals surface area contributed by atoms with Crippen LogP contribution >= 0.6 is 11.6 Å². The molecule has 0 aromatic heterocycles. The first-order chi connectivity index (χ1) is 17.5. The lowest BCUT2D eigenvalue weighted by Crippen LogP contribution is -1.97. The van der Waals surface area contributed by atoms with Gasteiger partial charge >= 0.3 is 0 Å². The molecule has 0 fully saturated rings. The second-order valence-electron chi connectivity index (χ2n) is 7.84. The Balaban J connectivity index is 1.40. The molecule has 4 rings (SSSR count). The molecule has 4 aromatic carbocycles. The summed E-state index contributed by atoms with van der Waals surface area (Å²) in [5.41, 5.74) is 1.15. The van der Waals surface area contributed by atoms with Crippen LogP contribution in [0.2, 0.25) is 0 Å². The SMILES string of the molecule is OC(C=CC(Cl)/C=C/c1ccc(F)c(Oc2ccccc2)c1)c1ccc(F)c(Oc2ccccc2)c1. The lowest BCUT2D eigenvalue weighted by molar-refractivity contribution is 0.227. The van der Waals surface area contributed by atoms with E-state index < -0.39 is 23.1 Å². The monoisotopic (exact) mass is 504 g/mol. The van der Waals surface area contributed by atoms with Crippen molar-refractivity contribution >= 4 is 17.7 Å². The Hall–Kier alpha value is -3.93. The number of halogens is 3. The molecule has 0 spiro atoms. The highest BCUT2D eigenvalue weighted by atomic mass is 35.5. The molecule has 0 radical (unpaired) electrons. The molecule has 3 nitrogen and oxygen atoms in total. The lowest BCUT2D eigenvalue weighted by Gasteiger charge is -2.11. The molecular weight excluding hydrogens is 482 g/mol. The maximum Gasteiger partial charge on any atom is 0.165 e. The van der Waals surface area contributed by atoms with Crippen molar-refractivity contribution in [3.8, 4) is 23.0 Å². The van der Waals surface area contributed by atoms with Gasteiger partial charge in [-0.1, -0.05) is 72.8 Å². The molecule has 0 saturated heterocycles. The molecule has 0 heterocycles. The van der Waals surface area contributed by atoms with Crippen LogP contribution in [0.1, 0.15) is 17.2 Å². The molecule has 2 atom stereocenters. The summed E-state index contributed by atoms with van der Waals surface area (Å²) < 4.78 is 39.5. The normalized spacial score (nSPS) is 13.1. The van der Waals surface area contributed by atoms with E-state index in [0.717, 1.165) is 0 Å². The van der Waals surface area contributed by atoms with Gasteiger partial charge in [-0.25, -0.2) is 8.78 Å². The maximum absolute atomic E-state index is 14.2. The van der Waals surface area contributed by atoms with E-state index in [-0.39, 0.29) is 11.5 Å². The third-order valence-electron chi connectivity index (χ3n) is 5.14. The van der Waals surface area contributed by atoms with Gasteiger partial charge in [0.1, 0.15) is 11.5 Å². The highest BCUT2D eigenvalue weighted by Crippen LogP contribution is 2.29. The molecule has 6 heteroatoms. The molecule has 0 amide bonds. The van der Waals surface area contributed by atoms with Gasteiger partial charge in [0.2, 0.25) is 0 Å². The molecular formula is C30H23ClF2O3. The summed E-state index contributed by atoms with van der Waals surface area (Å²) in [7, 11) is 0. The topological polar surface area (TPSA) is 38.7 Å². The molecule has 0 aliphatic rings. The van der Waals surface area contributed by atoms with Gasteiger partial charge in [0.05, 0.1) is 11.5 Å². The van der Waals surface area contributed by atoms with E-state index in [0.29, 0.717) is 22.6 Å². The Kier molecular flexibility index (Phi) is 8.50. The van der Waals surface area contributed by atoms with E-state index >= 15 is 0 Å². The molecule has 1 N–H and O–H groups in total. The molecule has 0 bridgehead atoms. The maximum atomic E-state index is 14.2. The van der Waals surface area contributed by atoms with Gasteiger partial charge in [0.15, 0.2) is 23.1 Å². The van der Waals surface area contributed by atoms with Crippen LogP contribution in [0.3, 0.4) is 0 Å². The van der Waals surface area contributed by atoms with Crippen molar-refractivity contribution in [3.63, 3.8) is 0 Å². The van der Waals surface area contributed by atoms with Crippen LogP contribution in [0.25, 0.3) is 6.08 Å². The first kappa shape index (κ1) is 25.2. The Labute approximate surface area is 213 Å². The predicted octanol–water partition coefficient (Wildman–Crippen LogP) is 8.46. The fourth-order valence-electron chi connectivity index (χ4n) is 3.30. The van der Waals surface area contributed by atoms with Gasteiger partial charge in [-0.3, -0.25) is 0 Å². The Morgan fingerprint density at radius 2 is 1.22 bits per heavy atom. The highest BCUT2D eigenvalue weighted by Gasteiger charge is 2.11. The second kappa shape index (κ2) is 12.2. The molecule has 182 valence electrons. The average molecular weight is 505 g/mol. The number of hydrogen-bond acceptors (Lipinski definition) is 3. The molecule has 0 aliphatic carbocycles. The molecule has 36 heavy (non-hydrogen) atoms. The van der Waals surface area contributed by atoms with E-state index in [9.17, 15) is 13.9 Å². The number of aliphatic hydroxyl groups is 1. The van der Waals surface area contributed by atoms with Crippen LogP contribution in [0.5, 0.6) is 23.0 Å². The van der Waals surface area contributed by atoms with Gasteiger partial charge in [-0.05, 0) is 59.7 Å². The van der Waals surface area contributed by atoms with Crippen LogP contribution < -0.4 is 9.47 Å². The van der Waals surface area contributed by atoms with Crippen LogP contribution in [-0.4, -0.2) is 10.5 Å². The summed E-state index contributed by atoms with van der Waals surface area (Å²) in [6, 6.07) is 26.4. The number of aliphatic hydroxyl groups excluding tert-OH is 1. The van der Waals surface area contributed by atoms with Crippen molar-refractivity contribution in [2.45, 2.75) is 11.5 Å². The van der Waals surface area contributed by atoms with Crippen LogP contribution in [0, 0.1) is 11.6 Å². The number of alkyl halides is 1. The van der Waals surface area contributed by atoms with Gasteiger partial charge in [0.25, 0.3) is 0 Å². The van der Waals surface area contributed by atoms with E-state index in [1.807, 2.05) is 12.1 Å². The van der Waals surface area contributed by atoms with Crippen molar-refractivity contribution in [1.82, 2.24) is 0 Å². The number of hydrogen-bond donors (Lipinski definition) is 1. The number of rotatable bonds is 9. The van der Waals surface area contributed by atoms with E-state index in [1.54, 1.807) is 78.9 Å². The average Bonchev–Trinajstić information content (AvgIpc) is 2.90. The van der Waals surface area contributed by atoms with Crippen LogP contribution in [-0.2, 0) is 0 Å². The Morgan fingerprint density at radius 1 is 0.667 bits per heavy atom. The molecule has 0 aliphatic heterocycles. The third-order valence-corrected chi connectivity index (χ3v) is 5.43. The van der Waals surface area contributed by atoms with Crippen LogP contribution in [0.4, 0.5) is 8.78 Å². The number of ether oxygens (including phenoxy) is 2. The predicted molar refractivity (Wildman–Crippen MR) is 139 cm³/mol. The van der Waals surface area contributed by atoms with Crippen molar-refractivity contribution in [2.75, 3.05) is 0 Å². The Morgan fingerprint density at radius 3 is 1.83 bits per heavy atom. The molecule has 0 saturated carbocycles. The zero-order valence-electron chi connectivity index (χ0n) is 19.1. The first-order valence-electron chi connectivity index (χ1n) is 11.2. The standard InChI is InChI=1S/C30H23ClF2O3/c31-23(14-11-21-12-16-26(32)29(19-21)35-24-7-3-1-4-8-24)15-18-28(34)22-13-17-27(33)30(20-22)36-25-9-5-2-6-10-25/h1-20,23,28,34H/b14-11+,18-15?. The van der Waals surface area contributed by atoms with Crippen molar-refractivity contribution in [1.29, 1.82) is 0 Å². The van der Waals surface area contributed by atoms with E-state index in [1.165, 1.54) is 30.3 Å². The van der Waals surface area contributed by atoms with Gasteiger partial charge in [-0.15, -0.1) is 11.6 Å². The minimum Gasteiger partial charge on any atom is -0.454 e. The minimum absolute atomic E-state index is 0.0123. The summed E-state index contributed by atoms with van der Waals surface area (Å²) in [5, 5.41) is 9.99. The van der Waals surface area contributed by atoms with E-state index in [2.05, 4.69) is 0 Å². The van der Waals surface area contributed by atoms with Crippen molar-refractivity contribution in [2.24, 2.45) is 0 Å². The quantitative estimate of drug-likeness (QED) is 0.183. The number of para-hydroxylation sites is 2. The van der Waals surface area contributed by atoms with E-state index in [4.69, 9.17) is 21.1 Å². The van der Waals surface area contributed by atoms with Crippen LogP contribution in [0.15, 0.2) is 115 Å². The van der Waals surface area contributed by atoms with Crippen molar-refractivity contribution < 1.29 is 23.4 Å². The first-order valence-corrected chi connectivity index (χ1v) is 11.6. The fourth-order valence-corrected chi connectivity index (χ4v) is 3.46. The number of benzene rings is 4. The summed E-state index contributed by atoms with van der Waals surface area (Å²) in [6.45, 7) is 0. The highest BCUT2D eigenvalue weighted by molar-refractivity contribution is 6.23.